The van der Waals surface area contributed by atoms with Crippen molar-refractivity contribution in [1.29, 1.82) is 0 Å². The Bertz CT molecular complexity index is 426. The zero-order valence-electron chi connectivity index (χ0n) is 18.4. The molecule has 1 nitrogen and oxygen atoms in total. The summed E-state index contributed by atoms with van der Waals surface area (Å²) in [6.07, 6.45) is 23.4. The molecule has 0 atom stereocenters. The first-order valence-corrected chi connectivity index (χ1v) is 12.1. The van der Waals surface area contributed by atoms with E-state index in [9.17, 15) is 0 Å². The van der Waals surface area contributed by atoms with Crippen LogP contribution in [0.4, 0.5) is 0 Å². The lowest BCUT2D eigenvalue weighted by Crippen LogP contribution is -1.97. The van der Waals surface area contributed by atoms with Gasteiger partial charge in [0.1, 0.15) is 5.75 Å². The van der Waals surface area contributed by atoms with Gasteiger partial charge >= 0.3 is 0 Å². The van der Waals surface area contributed by atoms with Gasteiger partial charge in [-0.2, -0.15) is 0 Å². The van der Waals surface area contributed by atoms with Gasteiger partial charge in [0, 0.05) is 0 Å². The lowest BCUT2D eigenvalue weighted by atomic mass is 10.0. The molecular formula is C26H46O. The van der Waals surface area contributed by atoms with Crippen molar-refractivity contribution in [3.05, 3.63) is 29.8 Å². The minimum Gasteiger partial charge on any atom is -0.494 e. The van der Waals surface area contributed by atoms with Crippen molar-refractivity contribution in [1.82, 2.24) is 0 Å². The summed E-state index contributed by atoms with van der Waals surface area (Å²) in [6, 6.07) is 8.73. The second-order valence-electron chi connectivity index (χ2n) is 8.20. The Hall–Kier alpha value is -0.980. The van der Waals surface area contributed by atoms with Crippen LogP contribution in [-0.4, -0.2) is 6.61 Å². The van der Waals surface area contributed by atoms with Crippen molar-refractivity contribution in [3.8, 4) is 5.75 Å². The van der Waals surface area contributed by atoms with Gasteiger partial charge in [-0.15, -0.1) is 0 Å². The number of ether oxygens (including phenoxy) is 1. The first kappa shape index (κ1) is 24.1. The van der Waals surface area contributed by atoms with Gasteiger partial charge < -0.3 is 4.74 Å². The summed E-state index contributed by atoms with van der Waals surface area (Å²) >= 11 is 0. The van der Waals surface area contributed by atoms with E-state index < -0.39 is 0 Å². The van der Waals surface area contributed by atoms with Crippen LogP contribution < -0.4 is 4.74 Å². The predicted molar refractivity (Wildman–Crippen MR) is 121 cm³/mol. The molecule has 0 saturated heterocycles. The van der Waals surface area contributed by atoms with E-state index in [1.165, 1.54) is 115 Å². The smallest absolute Gasteiger partial charge is 0.119 e. The Morgan fingerprint density at radius 2 is 1.11 bits per heavy atom. The molecule has 0 unspecified atom stereocenters. The summed E-state index contributed by atoms with van der Waals surface area (Å²) in [5.41, 5.74) is 1.44. The molecule has 0 bridgehead atoms. The molecule has 0 fully saturated rings. The molecule has 0 heterocycles. The molecule has 27 heavy (non-hydrogen) atoms. The van der Waals surface area contributed by atoms with Crippen LogP contribution in [0.1, 0.15) is 122 Å². The minimum atomic E-state index is 0.857. The number of hydrogen-bond acceptors (Lipinski definition) is 1. The van der Waals surface area contributed by atoms with Crippen LogP contribution in [0.2, 0.25) is 0 Å². The summed E-state index contributed by atoms with van der Waals surface area (Å²) in [7, 11) is 0. The summed E-state index contributed by atoms with van der Waals surface area (Å²) in [5, 5.41) is 0. The molecule has 156 valence electrons. The third-order valence-corrected chi connectivity index (χ3v) is 5.48. The van der Waals surface area contributed by atoms with Gasteiger partial charge in [-0.25, -0.2) is 0 Å². The average Bonchev–Trinajstić information content (AvgIpc) is 2.69. The maximum Gasteiger partial charge on any atom is 0.119 e. The highest BCUT2D eigenvalue weighted by atomic mass is 16.5. The third-order valence-electron chi connectivity index (χ3n) is 5.48. The number of aryl methyl sites for hydroxylation is 1. The summed E-state index contributed by atoms with van der Waals surface area (Å²) in [4.78, 5) is 0. The van der Waals surface area contributed by atoms with E-state index in [-0.39, 0.29) is 0 Å². The van der Waals surface area contributed by atoms with Gasteiger partial charge in [0.05, 0.1) is 6.61 Å². The topological polar surface area (TPSA) is 9.23 Å². The molecule has 1 rings (SSSR count). The minimum absolute atomic E-state index is 0.857. The normalized spacial score (nSPS) is 11.0. The Kier molecular flexibility index (Phi) is 16.4. The van der Waals surface area contributed by atoms with Crippen molar-refractivity contribution in [3.63, 3.8) is 0 Å². The highest BCUT2D eigenvalue weighted by Gasteiger charge is 1.99. The van der Waals surface area contributed by atoms with E-state index in [0.717, 1.165) is 12.4 Å². The average molecular weight is 375 g/mol. The first-order chi connectivity index (χ1) is 13.4. The third kappa shape index (κ3) is 14.7. The molecule has 0 aliphatic rings. The van der Waals surface area contributed by atoms with E-state index in [0.29, 0.717) is 0 Å². The molecule has 1 aromatic rings. The van der Waals surface area contributed by atoms with Crippen molar-refractivity contribution in [2.24, 2.45) is 0 Å². The van der Waals surface area contributed by atoms with Gasteiger partial charge in [0.15, 0.2) is 0 Å². The lowest BCUT2D eigenvalue weighted by molar-refractivity contribution is 0.306. The molecule has 0 aliphatic heterocycles. The summed E-state index contributed by atoms with van der Waals surface area (Å²) in [5.74, 6) is 1.05. The Labute approximate surface area is 170 Å². The Morgan fingerprint density at radius 3 is 1.70 bits per heavy atom. The second kappa shape index (κ2) is 18.4. The van der Waals surface area contributed by atoms with E-state index in [1.54, 1.807) is 0 Å². The monoisotopic (exact) mass is 374 g/mol. The molecule has 0 radical (unpaired) electrons. The SMILES string of the molecule is CCCCCCCCCCCCCCCc1cccc(OCCCCC)c1. The zero-order valence-corrected chi connectivity index (χ0v) is 18.4. The van der Waals surface area contributed by atoms with E-state index in [4.69, 9.17) is 4.74 Å². The second-order valence-corrected chi connectivity index (χ2v) is 8.20. The van der Waals surface area contributed by atoms with Crippen LogP contribution in [0.3, 0.4) is 0 Å². The van der Waals surface area contributed by atoms with Gasteiger partial charge in [-0.05, 0) is 37.0 Å². The van der Waals surface area contributed by atoms with Gasteiger partial charge in [-0.1, -0.05) is 116 Å². The largest absolute Gasteiger partial charge is 0.494 e. The molecule has 0 aliphatic carbocycles. The molecule has 0 aromatic heterocycles. The summed E-state index contributed by atoms with van der Waals surface area (Å²) < 4.78 is 5.87. The maximum atomic E-state index is 5.87. The number of benzene rings is 1. The van der Waals surface area contributed by atoms with Gasteiger partial charge in [0.25, 0.3) is 0 Å². The predicted octanol–water partition coefficient (Wildman–Crippen LogP) is 8.89. The number of hydrogen-bond donors (Lipinski definition) is 0. The molecule has 1 heteroatoms. The zero-order chi connectivity index (χ0) is 19.4. The van der Waals surface area contributed by atoms with Crippen molar-refractivity contribution >= 4 is 0 Å². The fourth-order valence-electron chi connectivity index (χ4n) is 3.68. The fraction of sp³-hybridized carbons (Fsp3) is 0.769. The number of unbranched alkanes of at least 4 members (excludes halogenated alkanes) is 14. The highest BCUT2D eigenvalue weighted by Crippen LogP contribution is 2.17. The van der Waals surface area contributed by atoms with Crippen LogP contribution in [0.25, 0.3) is 0 Å². The van der Waals surface area contributed by atoms with Gasteiger partial charge in [0.2, 0.25) is 0 Å². The van der Waals surface area contributed by atoms with Crippen LogP contribution in [0.5, 0.6) is 5.75 Å². The summed E-state index contributed by atoms with van der Waals surface area (Å²) in [6.45, 7) is 5.38. The van der Waals surface area contributed by atoms with E-state index in [2.05, 4.69) is 38.1 Å². The van der Waals surface area contributed by atoms with E-state index in [1.807, 2.05) is 0 Å². The molecule has 0 saturated carbocycles. The van der Waals surface area contributed by atoms with Crippen LogP contribution in [-0.2, 0) is 6.42 Å². The Morgan fingerprint density at radius 1 is 0.593 bits per heavy atom. The highest BCUT2D eigenvalue weighted by molar-refractivity contribution is 5.28. The maximum absolute atomic E-state index is 5.87. The molecule has 1 aromatic carbocycles. The lowest BCUT2D eigenvalue weighted by Gasteiger charge is -2.08. The Balaban J connectivity index is 1.93. The van der Waals surface area contributed by atoms with Crippen molar-refractivity contribution in [2.75, 3.05) is 6.61 Å². The van der Waals surface area contributed by atoms with Crippen molar-refractivity contribution in [2.45, 2.75) is 123 Å². The van der Waals surface area contributed by atoms with Crippen molar-refractivity contribution < 1.29 is 4.74 Å². The molecule has 0 spiro atoms. The first-order valence-electron chi connectivity index (χ1n) is 12.1. The van der Waals surface area contributed by atoms with Gasteiger partial charge in [-0.3, -0.25) is 0 Å². The molecular weight excluding hydrogens is 328 g/mol. The molecule has 0 N–H and O–H groups in total. The van der Waals surface area contributed by atoms with E-state index >= 15 is 0 Å². The fourth-order valence-corrected chi connectivity index (χ4v) is 3.68. The molecule has 0 amide bonds. The quantitative estimate of drug-likeness (QED) is 0.220. The standard InChI is InChI=1S/C26H46O/c1-3-5-7-8-9-10-11-12-13-14-15-16-17-20-25-21-19-22-26(24-25)27-23-18-6-4-2/h19,21-22,24H,3-18,20,23H2,1-2H3. The van der Waals surface area contributed by atoms with Crippen LogP contribution in [0.15, 0.2) is 24.3 Å². The van der Waals surface area contributed by atoms with Crippen LogP contribution >= 0.6 is 0 Å². The van der Waals surface area contributed by atoms with Crippen LogP contribution in [0, 0.1) is 0 Å². The number of rotatable bonds is 19.